The molecule has 0 atom stereocenters. The van der Waals surface area contributed by atoms with Crippen molar-refractivity contribution in [2.75, 3.05) is 5.32 Å². The predicted molar refractivity (Wildman–Crippen MR) is 59.3 cm³/mol. The van der Waals surface area contributed by atoms with Crippen LogP contribution in [0.15, 0.2) is 18.3 Å². The van der Waals surface area contributed by atoms with Crippen LogP contribution in [0.1, 0.15) is 21.0 Å². The highest BCUT2D eigenvalue weighted by atomic mass is 35.5. The van der Waals surface area contributed by atoms with Crippen molar-refractivity contribution in [1.29, 1.82) is 0 Å². The number of nitrogens with zero attached hydrogens (tertiary/aromatic N) is 1. The summed E-state index contributed by atoms with van der Waals surface area (Å²) in [4.78, 5) is 24.8. The fourth-order valence-electron chi connectivity index (χ4n) is 1.18. The number of H-pyrrole nitrogens is 2. The number of carbonyl (C=O) groups is 2. The molecule has 7 nitrogen and oxygen atoms in total. The van der Waals surface area contributed by atoms with Crippen LogP contribution in [0.25, 0.3) is 0 Å². The van der Waals surface area contributed by atoms with E-state index in [0.717, 1.165) is 0 Å². The smallest absolute Gasteiger partial charge is 0.353 e. The van der Waals surface area contributed by atoms with Gasteiger partial charge in [0.05, 0.1) is 5.02 Å². The zero-order valence-electron chi connectivity index (χ0n) is 8.32. The number of anilines is 1. The SMILES string of the molecule is O=C(O)c1cc(NC(=O)c2cc(Cl)c[nH]2)n[nH]1. The van der Waals surface area contributed by atoms with Crippen molar-refractivity contribution < 1.29 is 14.7 Å². The van der Waals surface area contributed by atoms with Crippen LogP contribution in [-0.2, 0) is 0 Å². The van der Waals surface area contributed by atoms with E-state index in [1.165, 1.54) is 18.3 Å². The Morgan fingerprint density at radius 1 is 1.35 bits per heavy atom. The number of hydrogen-bond acceptors (Lipinski definition) is 3. The van der Waals surface area contributed by atoms with Gasteiger partial charge >= 0.3 is 5.97 Å². The molecule has 0 aliphatic carbocycles. The number of hydrogen-bond donors (Lipinski definition) is 4. The molecule has 88 valence electrons. The van der Waals surface area contributed by atoms with Gasteiger partial charge in [0, 0.05) is 12.3 Å². The summed E-state index contributed by atoms with van der Waals surface area (Å²) in [5.74, 6) is -1.49. The lowest BCUT2D eigenvalue weighted by Gasteiger charge is -1.97. The third-order valence-corrected chi connectivity index (χ3v) is 2.16. The molecule has 1 amide bonds. The standard InChI is InChI=1S/C9H7ClN4O3/c10-4-1-5(11-3-4)8(15)12-7-2-6(9(16)17)13-14-7/h1-3,11H,(H,16,17)(H2,12,13,14,15). The van der Waals surface area contributed by atoms with Gasteiger partial charge in [-0.1, -0.05) is 11.6 Å². The Bertz CT molecular complexity index is 574. The minimum Gasteiger partial charge on any atom is -0.477 e. The fourth-order valence-corrected chi connectivity index (χ4v) is 1.34. The Kier molecular flexibility index (Phi) is 2.84. The lowest BCUT2D eigenvalue weighted by Crippen LogP contribution is -2.12. The van der Waals surface area contributed by atoms with Crippen molar-refractivity contribution in [1.82, 2.24) is 15.2 Å². The lowest BCUT2D eigenvalue weighted by atomic mass is 10.4. The first-order chi connectivity index (χ1) is 8.06. The molecule has 0 bridgehead atoms. The first-order valence-electron chi connectivity index (χ1n) is 4.50. The van der Waals surface area contributed by atoms with E-state index in [2.05, 4.69) is 20.5 Å². The molecule has 0 unspecified atom stereocenters. The summed E-state index contributed by atoms with van der Waals surface area (Å²) < 4.78 is 0. The van der Waals surface area contributed by atoms with Gasteiger partial charge in [-0.2, -0.15) is 5.10 Å². The summed E-state index contributed by atoms with van der Waals surface area (Å²) in [6.07, 6.45) is 1.46. The molecular formula is C9H7ClN4O3. The monoisotopic (exact) mass is 254 g/mol. The van der Waals surface area contributed by atoms with Crippen molar-refractivity contribution >= 4 is 29.3 Å². The summed E-state index contributed by atoms with van der Waals surface area (Å²) in [7, 11) is 0. The van der Waals surface area contributed by atoms with E-state index in [9.17, 15) is 9.59 Å². The van der Waals surface area contributed by atoms with Crippen LogP contribution in [0, 0.1) is 0 Å². The molecule has 2 heterocycles. The molecule has 0 aliphatic rings. The highest BCUT2D eigenvalue weighted by Gasteiger charge is 2.12. The molecule has 8 heteroatoms. The average Bonchev–Trinajstić information content (AvgIpc) is 2.86. The largest absolute Gasteiger partial charge is 0.477 e. The number of amides is 1. The van der Waals surface area contributed by atoms with Gasteiger partial charge in [0.2, 0.25) is 0 Å². The number of carboxylic acids is 1. The van der Waals surface area contributed by atoms with Gasteiger partial charge in [-0.15, -0.1) is 0 Å². The number of carbonyl (C=O) groups excluding carboxylic acids is 1. The molecular weight excluding hydrogens is 248 g/mol. The number of carboxylic acid groups (broad SMARTS) is 1. The van der Waals surface area contributed by atoms with Crippen LogP contribution in [0.2, 0.25) is 5.02 Å². The van der Waals surface area contributed by atoms with E-state index in [0.29, 0.717) is 5.02 Å². The number of halogens is 1. The van der Waals surface area contributed by atoms with Crippen LogP contribution in [0.5, 0.6) is 0 Å². The van der Waals surface area contributed by atoms with E-state index < -0.39 is 11.9 Å². The zero-order valence-corrected chi connectivity index (χ0v) is 9.08. The molecule has 0 radical (unpaired) electrons. The second-order valence-corrected chi connectivity index (χ2v) is 3.59. The highest BCUT2D eigenvalue weighted by molar-refractivity contribution is 6.31. The van der Waals surface area contributed by atoms with Crippen molar-refractivity contribution in [2.45, 2.75) is 0 Å². The number of aromatic carboxylic acids is 1. The van der Waals surface area contributed by atoms with Gasteiger partial charge < -0.3 is 15.4 Å². The summed E-state index contributed by atoms with van der Waals surface area (Å²) in [6.45, 7) is 0. The molecule has 0 aliphatic heterocycles. The Balaban J connectivity index is 2.10. The van der Waals surface area contributed by atoms with Crippen molar-refractivity contribution in [3.05, 3.63) is 34.7 Å². The van der Waals surface area contributed by atoms with Gasteiger partial charge in [0.15, 0.2) is 5.82 Å². The summed E-state index contributed by atoms with van der Waals surface area (Å²) in [5, 5.41) is 17.4. The molecule has 0 spiro atoms. The Morgan fingerprint density at radius 3 is 2.65 bits per heavy atom. The second-order valence-electron chi connectivity index (χ2n) is 3.16. The number of rotatable bonds is 3. The molecule has 0 fully saturated rings. The topological polar surface area (TPSA) is 111 Å². The summed E-state index contributed by atoms with van der Waals surface area (Å²) in [6, 6.07) is 2.66. The number of nitrogens with one attached hydrogen (secondary N) is 3. The maximum Gasteiger partial charge on any atom is 0.353 e. The summed E-state index contributed by atoms with van der Waals surface area (Å²) >= 11 is 5.64. The first kappa shape index (κ1) is 11.2. The van der Waals surface area contributed by atoms with E-state index in [4.69, 9.17) is 16.7 Å². The predicted octanol–water partition coefficient (Wildman–Crippen LogP) is 1.34. The van der Waals surface area contributed by atoms with Crippen LogP contribution in [-0.4, -0.2) is 32.2 Å². The van der Waals surface area contributed by atoms with Gasteiger partial charge in [-0.05, 0) is 6.07 Å². The van der Waals surface area contributed by atoms with Gasteiger partial charge in [-0.25, -0.2) is 4.79 Å². The molecule has 2 aromatic heterocycles. The van der Waals surface area contributed by atoms with Crippen molar-refractivity contribution in [3.63, 3.8) is 0 Å². The highest BCUT2D eigenvalue weighted by Crippen LogP contribution is 2.12. The number of aromatic amines is 2. The molecule has 2 rings (SSSR count). The van der Waals surface area contributed by atoms with Crippen LogP contribution >= 0.6 is 11.6 Å². The van der Waals surface area contributed by atoms with E-state index in [-0.39, 0.29) is 17.2 Å². The first-order valence-corrected chi connectivity index (χ1v) is 4.88. The minimum absolute atomic E-state index is 0.107. The molecule has 2 aromatic rings. The fraction of sp³-hybridized carbons (Fsp3) is 0. The Labute approximate surface area is 99.8 Å². The molecule has 4 N–H and O–H groups in total. The van der Waals surface area contributed by atoms with E-state index in [1.807, 2.05) is 0 Å². The molecule has 0 aromatic carbocycles. The third-order valence-electron chi connectivity index (χ3n) is 1.94. The average molecular weight is 255 g/mol. The molecule has 0 saturated carbocycles. The quantitative estimate of drug-likeness (QED) is 0.662. The third kappa shape index (κ3) is 2.45. The molecule has 17 heavy (non-hydrogen) atoms. The molecule has 0 saturated heterocycles. The Morgan fingerprint density at radius 2 is 2.12 bits per heavy atom. The lowest BCUT2D eigenvalue weighted by molar-refractivity contribution is 0.0690. The maximum atomic E-state index is 11.6. The normalized spacial score (nSPS) is 10.2. The maximum absolute atomic E-state index is 11.6. The van der Waals surface area contributed by atoms with Gasteiger partial charge in [0.25, 0.3) is 5.91 Å². The van der Waals surface area contributed by atoms with Crippen molar-refractivity contribution in [3.8, 4) is 0 Å². The second kappa shape index (κ2) is 4.30. The van der Waals surface area contributed by atoms with Gasteiger partial charge in [-0.3, -0.25) is 9.89 Å². The zero-order chi connectivity index (χ0) is 12.4. The van der Waals surface area contributed by atoms with Crippen LogP contribution in [0.4, 0.5) is 5.82 Å². The summed E-state index contributed by atoms with van der Waals surface area (Å²) in [5.41, 5.74) is 0.152. The number of aromatic nitrogens is 3. The Hall–Kier alpha value is -2.28. The van der Waals surface area contributed by atoms with Crippen LogP contribution in [0.3, 0.4) is 0 Å². The van der Waals surface area contributed by atoms with E-state index in [1.54, 1.807) is 0 Å². The van der Waals surface area contributed by atoms with E-state index >= 15 is 0 Å². The van der Waals surface area contributed by atoms with Crippen molar-refractivity contribution in [2.24, 2.45) is 0 Å². The van der Waals surface area contributed by atoms with Crippen LogP contribution < -0.4 is 5.32 Å². The minimum atomic E-state index is -1.15. The van der Waals surface area contributed by atoms with Gasteiger partial charge in [0.1, 0.15) is 11.4 Å².